The van der Waals surface area contributed by atoms with Crippen molar-refractivity contribution in [1.29, 1.82) is 0 Å². The molecule has 0 spiro atoms. The Bertz CT molecular complexity index is 703. The van der Waals surface area contributed by atoms with Crippen LogP contribution in [0.15, 0.2) is 42.5 Å². The predicted molar refractivity (Wildman–Crippen MR) is 97.0 cm³/mol. The predicted octanol–water partition coefficient (Wildman–Crippen LogP) is 4.22. The van der Waals surface area contributed by atoms with Crippen LogP contribution in [0.5, 0.6) is 0 Å². The van der Waals surface area contributed by atoms with Crippen LogP contribution in [0.2, 0.25) is 0 Å². The Hall–Kier alpha value is -1.61. The van der Waals surface area contributed by atoms with Crippen LogP contribution in [0.25, 0.3) is 0 Å². The number of carbonyl (C=O) groups excluding carboxylic acids is 1. The van der Waals surface area contributed by atoms with Gasteiger partial charge < -0.3 is 9.84 Å². The normalized spacial score (nSPS) is 41.4. The second-order valence-electron chi connectivity index (χ2n) is 9.07. The van der Waals surface area contributed by atoms with Crippen LogP contribution in [0.3, 0.4) is 0 Å². The van der Waals surface area contributed by atoms with Crippen molar-refractivity contribution in [2.45, 2.75) is 51.7 Å². The first-order chi connectivity index (χ1) is 11.7. The third-order valence-corrected chi connectivity index (χ3v) is 7.15. The van der Waals surface area contributed by atoms with Gasteiger partial charge in [-0.15, -0.1) is 0 Å². The smallest absolute Gasteiger partial charge is 0.338 e. The maximum atomic E-state index is 12.6. The summed E-state index contributed by atoms with van der Waals surface area (Å²) in [6.07, 6.45) is 2.42. The summed E-state index contributed by atoms with van der Waals surface area (Å²) < 4.78 is 5.97. The molecule has 0 amide bonds. The summed E-state index contributed by atoms with van der Waals surface area (Å²) in [5.74, 6) is 1.03. The number of esters is 1. The van der Waals surface area contributed by atoms with E-state index in [-0.39, 0.29) is 23.4 Å². The van der Waals surface area contributed by atoms with E-state index in [1.165, 1.54) is 0 Å². The minimum absolute atomic E-state index is 0.0968. The molecule has 3 nitrogen and oxygen atoms in total. The summed E-state index contributed by atoms with van der Waals surface area (Å²) in [4.78, 5) is 12.6. The molecule has 3 saturated carbocycles. The lowest BCUT2D eigenvalue weighted by molar-refractivity contribution is -0.00296. The van der Waals surface area contributed by atoms with Crippen molar-refractivity contribution in [1.82, 2.24) is 0 Å². The average Bonchev–Trinajstić information content (AvgIpc) is 3.01. The zero-order valence-electron chi connectivity index (χ0n) is 15.4. The van der Waals surface area contributed by atoms with E-state index in [0.29, 0.717) is 23.3 Å². The fourth-order valence-corrected chi connectivity index (χ4v) is 5.87. The molecule has 0 saturated heterocycles. The quantitative estimate of drug-likeness (QED) is 0.648. The van der Waals surface area contributed by atoms with Gasteiger partial charge in [-0.25, -0.2) is 4.79 Å². The number of ether oxygens (including phenoxy) is 1. The molecule has 1 aromatic rings. The van der Waals surface area contributed by atoms with Crippen molar-refractivity contribution in [2.24, 2.45) is 29.1 Å². The Morgan fingerprint density at radius 1 is 1.16 bits per heavy atom. The van der Waals surface area contributed by atoms with Gasteiger partial charge in [0.2, 0.25) is 0 Å². The van der Waals surface area contributed by atoms with Crippen LogP contribution in [0.4, 0.5) is 0 Å². The molecular formula is C22H28O3. The van der Waals surface area contributed by atoms with Crippen LogP contribution in [0, 0.1) is 29.1 Å². The number of hydrogen-bond donors (Lipinski definition) is 1. The maximum Gasteiger partial charge on any atom is 0.338 e. The highest BCUT2D eigenvalue weighted by molar-refractivity contribution is 5.89. The summed E-state index contributed by atoms with van der Waals surface area (Å²) in [6, 6.07) is 9.20. The maximum absolute atomic E-state index is 12.6. The highest BCUT2D eigenvalue weighted by atomic mass is 16.5. The van der Waals surface area contributed by atoms with E-state index >= 15 is 0 Å². The molecular weight excluding hydrogens is 312 g/mol. The van der Waals surface area contributed by atoms with Crippen LogP contribution < -0.4 is 0 Å². The van der Waals surface area contributed by atoms with Gasteiger partial charge in [0.1, 0.15) is 6.10 Å². The standard InChI is InChI=1S/C22H28O3/c1-13-12-16(25-20(23)14-8-6-5-7-9-14)18-19(21(18,2)3)17-15(13)10-11-22(17,4)24/h5-9,15-19,24H,1,10-12H2,2-4H3/t15-,16+,17+,18+,19-,22-/m1/s1. The van der Waals surface area contributed by atoms with E-state index in [2.05, 4.69) is 20.4 Å². The van der Waals surface area contributed by atoms with Crippen molar-refractivity contribution < 1.29 is 14.6 Å². The molecule has 134 valence electrons. The van der Waals surface area contributed by atoms with E-state index in [1.54, 1.807) is 12.1 Å². The third kappa shape index (κ3) is 2.55. The van der Waals surface area contributed by atoms with Gasteiger partial charge >= 0.3 is 5.97 Å². The number of hydrogen-bond acceptors (Lipinski definition) is 3. The molecule has 1 aromatic carbocycles. The van der Waals surface area contributed by atoms with Crippen molar-refractivity contribution >= 4 is 5.97 Å². The zero-order chi connectivity index (χ0) is 18.0. The fraction of sp³-hybridized carbons (Fsp3) is 0.591. The van der Waals surface area contributed by atoms with Crippen LogP contribution in [0.1, 0.15) is 50.4 Å². The molecule has 25 heavy (non-hydrogen) atoms. The first kappa shape index (κ1) is 16.8. The number of aliphatic hydroxyl groups is 1. The highest BCUT2D eigenvalue weighted by Crippen LogP contribution is 2.71. The highest BCUT2D eigenvalue weighted by Gasteiger charge is 2.70. The van der Waals surface area contributed by atoms with Gasteiger partial charge in [-0.3, -0.25) is 0 Å². The Kier molecular flexibility index (Phi) is 3.66. The van der Waals surface area contributed by atoms with Crippen LogP contribution in [-0.2, 0) is 4.74 Å². The lowest BCUT2D eigenvalue weighted by Gasteiger charge is -2.31. The van der Waals surface area contributed by atoms with Gasteiger partial charge in [-0.1, -0.05) is 44.2 Å². The second-order valence-corrected chi connectivity index (χ2v) is 9.07. The molecule has 3 aliphatic rings. The number of rotatable bonds is 2. The van der Waals surface area contributed by atoms with Crippen molar-refractivity contribution in [3.05, 3.63) is 48.0 Å². The minimum Gasteiger partial charge on any atom is -0.458 e. The topological polar surface area (TPSA) is 46.5 Å². The summed E-state index contributed by atoms with van der Waals surface area (Å²) in [7, 11) is 0. The van der Waals surface area contributed by atoms with Gasteiger partial charge in [-0.2, -0.15) is 0 Å². The molecule has 3 fully saturated rings. The molecule has 3 aliphatic carbocycles. The van der Waals surface area contributed by atoms with Crippen molar-refractivity contribution in [3.8, 4) is 0 Å². The Balaban J connectivity index is 1.61. The minimum atomic E-state index is -0.636. The SMILES string of the molecule is C=C1C[C@H](OC(=O)c2ccccc2)[C@H]2[C@@H]([C@@H]3[C@@H]1CC[C@@]3(C)O)C2(C)C. The van der Waals surface area contributed by atoms with Gasteiger partial charge in [0, 0.05) is 12.3 Å². The molecule has 0 heterocycles. The van der Waals surface area contributed by atoms with E-state index in [9.17, 15) is 9.90 Å². The van der Waals surface area contributed by atoms with Crippen LogP contribution >= 0.6 is 0 Å². The molecule has 0 radical (unpaired) electrons. The summed E-state index contributed by atoms with van der Waals surface area (Å²) >= 11 is 0. The second kappa shape index (κ2) is 5.44. The molecule has 1 N–H and O–H groups in total. The molecule has 4 rings (SSSR count). The molecule has 6 atom stereocenters. The van der Waals surface area contributed by atoms with Gasteiger partial charge in [-0.05, 0) is 55.1 Å². The molecule has 3 heteroatoms. The first-order valence-electron chi connectivity index (χ1n) is 9.39. The average molecular weight is 340 g/mol. The summed E-state index contributed by atoms with van der Waals surface area (Å²) in [5.41, 5.74) is 1.21. The molecule has 0 unspecified atom stereocenters. The summed E-state index contributed by atoms with van der Waals surface area (Å²) in [5, 5.41) is 11.0. The Morgan fingerprint density at radius 2 is 1.84 bits per heavy atom. The van der Waals surface area contributed by atoms with E-state index in [1.807, 2.05) is 25.1 Å². The molecule has 0 aliphatic heterocycles. The van der Waals surface area contributed by atoms with E-state index in [0.717, 1.165) is 24.8 Å². The Morgan fingerprint density at radius 3 is 2.52 bits per heavy atom. The van der Waals surface area contributed by atoms with Crippen molar-refractivity contribution in [2.75, 3.05) is 0 Å². The number of carbonyl (C=O) groups is 1. The fourth-order valence-electron chi connectivity index (χ4n) is 5.87. The number of benzene rings is 1. The Labute approximate surface area is 150 Å². The number of fused-ring (bicyclic) bond motifs is 3. The monoisotopic (exact) mass is 340 g/mol. The summed E-state index contributed by atoms with van der Waals surface area (Å²) in [6.45, 7) is 10.8. The van der Waals surface area contributed by atoms with Crippen LogP contribution in [-0.4, -0.2) is 22.8 Å². The zero-order valence-corrected chi connectivity index (χ0v) is 15.4. The largest absolute Gasteiger partial charge is 0.458 e. The van der Waals surface area contributed by atoms with Crippen molar-refractivity contribution in [3.63, 3.8) is 0 Å². The van der Waals surface area contributed by atoms with Gasteiger partial charge in [0.15, 0.2) is 0 Å². The van der Waals surface area contributed by atoms with E-state index < -0.39 is 5.60 Å². The lowest BCUT2D eigenvalue weighted by atomic mass is 9.77. The van der Waals surface area contributed by atoms with Gasteiger partial charge in [0.05, 0.1) is 11.2 Å². The molecule has 0 aromatic heterocycles. The third-order valence-electron chi connectivity index (χ3n) is 7.15. The molecule has 0 bridgehead atoms. The lowest BCUT2D eigenvalue weighted by Crippen LogP contribution is -2.34. The first-order valence-corrected chi connectivity index (χ1v) is 9.39. The van der Waals surface area contributed by atoms with Gasteiger partial charge in [0.25, 0.3) is 0 Å². The van der Waals surface area contributed by atoms with E-state index in [4.69, 9.17) is 4.74 Å².